The Hall–Kier alpha value is -0.480. The Balaban J connectivity index is 2.39. The molecule has 3 nitrogen and oxygen atoms in total. The number of rotatable bonds is 4. The van der Waals surface area contributed by atoms with E-state index < -0.39 is 0 Å². The van der Waals surface area contributed by atoms with E-state index in [4.69, 9.17) is 32.8 Å². The lowest BCUT2D eigenvalue weighted by Gasteiger charge is -2.18. The molecule has 1 heterocycles. The van der Waals surface area contributed by atoms with Crippen molar-refractivity contribution in [2.45, 2.75) is 31.9 Å². The van der Waals surface area contributed by atoms with Crippen molar-refractivity contribution in [2.75, 3.05) is 7.11 Å². The molecule has 0 aromatic heterocycles. The predicted octanol–water partition coefficient (Wildman–Crippen LogP) is 3.75. The molecule has 1 N–H and O–H groups in total. The summed E-state index contributed by atoms with van der Waals surface area (Å²) in [6.07, 6.45) is 1.95. The van der Waals surface area contributed by atoms with Crippen molar-refractivity contribution in [3.63, 3.8) is 0 Å². The third-order valence-corrected chi connectivity index (χ3v) is 3.49. The van der Waals surface area contributed by atoms with Crippen molar-refractivity contribution in [1.29, 1.82) is 0 Å². The van der Waals surface area contributed by atoms with Crippen LogP contribution in [0.25, 0.3) is 0 Å². The van der Waals surface area contributed by atoms with Crippen molar-refractivity contribution in [1.82, 2.24) is 5.48 Å². The van der Waals surface area contributed by atoms with Crippen molar-refractivity contribution in [2.24, 2.45) is 0 Å². The third-order valence-electron chi connectivity index (χ3n) is 2.86. The maximum absolute atomic E-state index is 6.20. The maximum atomic E-state index is 6.20. The molecule has 1 aliphatic heterocycles. The van der Waals surface area contributed by atoms with Gasteiger partial charge in [-0.15, -0.1) is 0 Å². The molecule has 0 amide bonds. The Morgan fingerprint density at radius 3 is 2.71 bits per heavy atom. The molecule has 1 aromatic carbocycles. The van der Waals surface area contributed by atoms with E-state index in [2.05, 4.69) is 12.4 Å². The fraction of sp³-hybridized carbons (Fsp3) is 0.500. The van der Waals surface area contributed by atoms with E-state index in [1.807, 2.05) is 0 Å². The van der Waals surface area contributed by atoms with Crippen LogP contribution in [0.5, 0.6) is 5.75 Å². The lowest BCUT2D eigenvalue weighted by Crippen LogP contribution is -2.30. The summed E-state index contributed by atoms with van der Waals surface area (Å²) in [6.45, 7) is 2.11. The minimum absolute atomic E-state index is 0.00681. The number of halogens is 2. The van der Waals surface area contributed by atoms with Crippen LogP contribution >= 0.6 is 23.2 Å². The normalized spacial score (nSPS) is 22.4. The highest BCUT2D eigenvalue weighted by molar-refractivity contribution is 6.35. The number of ether oxygens (including phenoxy) is 1. The summed E-state index contributed by atoms with van der Waals surface area (Å²) < 4.78 is 5.87. The maximum Gasteiger partial charge on any atom is 0.144 e. The van der Waals surface area contributed by atoms with Gasteiger partial charge in [-0.25, -0.2) is 0 Å². The molecule has 0 radical (unpaired) electrons. The van der Waals surface area contributed by atoms with Crippen molar-refractivity contribution in [3.8, 4) is 5.75 Å². The van der Waals surface area contributed by atoms with Gasteiger partial charge in [0.05, 0.1) is 18.2 Å². The average molecular weight is 276 g/mol. The van der Waals surface area contributed by atoms with E-state index in [1.54, 1.807) is 19.2 Å². The standard InChI is InChI=1S/C12H15Cl2NO2/c1-3-4-9-11(15-16-2)10-7(13)5-6-8(14)12(10)17-9/h5-6,9,11,15H,3-4H2,1-2H3. The highest BCUT2D eigenvalue weighted by Gasteiger charge is 2.37. The first-order valence-corrected chi connectivity index (χ1v) is 6.37. The zero-order chi connectivity index (χ0) is 12.4. The second kappa shape index (κ2) is 5.44. The summed E-state index contributed by atoms with van der Waals surface area (Å²) in [5.74, 6) is 0.673. The number of benzene rings is 1. The van der Waals surface area contributed by atoms with Crippen LogP contribution < -0.4 is 10.2 Å². The summed E-state index contributed by atoms with van der Waals surface area (Å²) in [5.41, 5.74) is 3.82. The van der Waals surface area contributed by atoms with Gasteiger partial charge in [-0.05, 0) is 18.6 Å². The molecular weight excluding hydrogens is 261 g/mol. The summed E-state index contributed by atoms with van der Waals surface area (Å²) in [4.78, 5) is 5.02. The number of hydrogen-bond acceptors (Lipinski definition) is 3. The van der Waals surface area contributed by atoms with E-state index >= 15 is 0 Å². The van der Waals surface area contributed by atoms with Crippen LogP contribution in [0.15, 0.2) is 12.1 Å². The molecule has 0 saturated carbocycles. The molecule has 1 aromatic rings. The third kappa shape index (κ3) is 2.38. The van der Waals surface area contributed by atoms with Crippen LogP contribution in [-0.2, 0) is 4.84 Å². The van der Waals surface area contributed by atoms with Gasteiger partial charge < -0.3 is 9.57 Å². The van der Waals surface area contributed by atoms with Gasteiger partial charge in [0, 0.05) is 10.6 Å². The van der Waals surface area contributed by atoms with Gasteiger partial charge >= 0.3 is 0 Å². The molecule has 2 unspecified atom stereocenters. The largest absolute Gasteiger partial charge is 0.486 e. The van der Waals surface area contributed by atoms with Gasteiger partial charge in [-0.1, -0.05) is 36.5 Å². The Morgan fingerprint density at radius 2 is 2.06 bits per heavy atom. The molecule has 5 heteroatoms. The SMILES string of the molecule is CCCC1Oc2c(Cl)ccc(Cl)c2C1NOC. The van der Waals surface area contributed by atoms with Crippen molar-refractivity contribution < 1.29 is 9.57 Å². The molecule has 0 fully saturated rings. The zero-order valence-electron chi connectivity index (χ0n) is 9.80. The van der Waals surface area contributed by atoms with Crippen LogP contribution in [0.1, 0.15) is 31.4 Å². The number of nitrogens with one attached hydrogen (secondary N) is 1. The molecule has 1 aliphatic rings. The summed E-state index contributed by atoms with van der Waals surface area (Å²) in [5, 5.41) is 1.24. The highest BCUT2D eigenvalue weighted by atomic mass is 35.5. The van der Waals surface area contributed by atoms with E-state index in [0.717, 1.165) is 18.4 Å². The molecule has 0 bridgehead atoms. The van der Waals surface area contributed by atoms with Crippen molar-refractivity contribution >= 4 is 23.2 Å². The minimum Gasteiger partial charge on any atom is -0.486 e. The smallest absolute Gasteiger partial charge is 0.144 e. The molecule has 94 valence electrons. The van der Waals surface area contributed by atoms with Gasteiger partial charge in [-0.3, -0.25) is 0 Å². The number of hydrogen-bond donors (Lipinski definition) is 1. The van der Waals surface area contributed by atoms with Crippen molar-refractivity contribution in [3.05, 3.63) is 27.7 Å². The van der Waals surface area contributed by atoms with Crippen LogP contribution in [0.3, 0.4) is 0 Å². The van der Waals surface area contributed by atoms with E-state index in [-0.39, 0.29) is 12.1 Å². The minimum atomic E-state index is -0.0684. The summed E-state index contributed by atoms with van der Waals surface area (Å²) in [6, 6.07) is 3.47. The van der Waals surface area contributed by atoms with Gasteiger partial charge in [-0.2, -0.15) is 5.48 Å². The quantitative estimate of drug-likeness (QED) is 0.850. The second-order valence-electron chi connectivity index (χ2n) is 4.02. The summed E-state index contributed by atoms with van der Waals surface area (Å²) in [7, 11) is 1.58. The van der Waals surface area contributed by atoms with Gasteiger partial charge in [0.15, 0.2) is 0 Å². The Bertz CT molecular complexity index is 412. The molecule has 2 rings (SSSR count). The predicted molar refractivity (Wildman–Crippen MR) is 68.7 cm³/mol. The van der Waals surface area contributed by atoms with Gasteiger partial charge in [0.1, 0.15) is 11.9 Å². The average Bonchev–Trinajstić information content (AvgIpc) is 2.66. The summed E-state index contributed by atoms with van der Waals surface area (Å²) >= 11 is 12.3. The monoisotopic (exact) mass is 275 g/mol. The molecule has 0 aliphatic carbocycles. The first-order valence-electron chi connectivity index (χ1n) is 5.62. The lowest BCUT2D eigenvalue weighted by molar-refractivity contribution is 0.0269. The molecule has 17 heavy (non-hydrogen) atoms. The second-order valence-corrected chi connectivity index (χ2v) is 4.83. The lowest BCUT2D eigenvalue weighted by atomic mass is 10.0. The Labute approximate surface area is 111 Å². The molecule has 0 spiro atoms. The van der Waals surface area contributed by atoms with E-state index in [0.29, 0.717) is 15.8 Å². The van der Waals surface area contributed by atoms with Gasteiger partial charge in [0.2, 0.25) is 0 Å². The van der Waals surface area contributed by atoms with Gasteiger partial charge in [0.25, 0.3) is 0 Å². The molecule has 2 atom stereocenters. The Kier molecular flexibility index (Phi) is 4.15. The van der Waals surface area contributed by atoms with Crippen LogP contribution in [0.4, 0.5) is 0 Å². The first kappa shape index (κ1) is 13.0. The number of fused-ring (bicyclic) bond motifs is 1. The molecule has 0 saturated heterocycles. The van der Waals surface area contributed by atoms with Crippen LogP contribution in [-0.4, -0.2) is 13.2 Å². The van der Waals surface area contributed by atoms with E-state index in [1.165, 1.54) is 0 Å². The highest BCUT2D eigenvalue weighted by Crippen LogP contribution is 2.46. The topological polar surface area (TPSA) is 30.5 Å². The van der Waals surface area contributed by atoms with Crippen LogP contribution in [0.2, 0.25) is 10.0 Å². The van der Waals surface area contributed by atoms with E-state index in [9.17, 15) is 0 Å². The number of hydroxylamine groups is 1. The van der Waals surface area contributed by atoms with Crippen LogP contribution in [0, 0.1) is 0 Å². The fourth-order valence-electron chi connectivity index (χ4n) is 2.14. The Morgan fingerprint density at radius 1 is 1.35 bits per heavy atom. The fourth-order valence-corrected chi connectivity index (χ4v) is 2.61. The molecular formula is C12H15Cl2NO2. The first-order chi connectivity index (χ1) is 8.19. The zero-order valence-corrected chi connectivity index (χ0v) is 11.3.